The molecule has 1 saturated heterocycles. The predicted molar refractivity (Wildman–Crippen MR) is 98.5 cm³/mol. The summed E-state index contributed by atoms with van der Waals surface area (Å²) in [4.78, 5) is 7.10. The van der Waals surface area contributed by atoms with Gasteiger partial charge < -0.3 is 9.64 Å². The molecule has 0 bridgehead atoms. The summed E-state index contributed by atoms with van der Waals surface area (Å²) in [6, 6.07) is 18.3. The van der Waals surface area contributed by atoms with E-state index >= 15 is 0 Å². The van der Waals surface area contributed by atoms with Crippen LogP contribution in [0.3, 0.4) is 0 Å². The van der Waals surface area contributed by atoms with Gasteiger partial charge in [0.25, 0.3) is 0 Å². The van der Waals surface area contributed by atoms with Gasteiger partial charge in [0, 0.05) is 24.2 Å². The minimum atomic E-state index is 0.651. The summed E-state index contributed by atoms with van der Waals surface area (Å²) >= 11 is 0. The van der Waals surface area contributed by atoms with Crippen LogP contribution in [0.4, 0.5) is 5.82 Å². The Balaban J connectivity index is 1.81. The highest BCUT2D eigenvalue weighted by atomic mass is 16.5. The van der Waals surface area contributed by atoms with Gasteiger partial charge in [-0.3, -0.25) is 0 Å². The largest absolute Gasteiger partial charge is 0.378 e. The Morgan fingerprint density at radius 3 is 2.28 bits per heavy atom. The number of aromatic nitrogens is 3. The Morgan fingerprint density at radius 2 is 1.56 bits per heavy atom. The Morgan fingerprint density at radius 1 is 0.840 bits per heavy atom. The minimum absolute atomic E-state index is 0.651. The van der Waals surface area contributed by atoms with Gasteiger partial charge in [-0.1, -0.05) is 60.2 Å². The van der Waals surface area contributed by atoms with E-state index in [0.717, 1.165) is 35.7 Å². The zero-order chi connectivity index (χ0) is 17.1. The third-order valence-electron chi connectivity index (χ3n) is 4.34. The summed E-state index contributed by atoms with van der Waals surface area (Å²) in [5, 5.41) is 8.92. The number of aryl methyl sites for hydroxylation is 1. The van der Waals surface area contributed by atoms with Crippen molar-refractivity contribution in [2.24, 2.45) is 0 Å². The fourth-order valence-corrected chi connectivity index (χ4v) is 2.92. The Bertz CT molecular complexity index is 843. The van der Waals surface area contributed by atoms with Crippen LogP contribution in [0.2, 0.25) is 0 Å². The molecule has 0 saturated carbocycles. The molecule has 1 fully saturated rings. The molecule has 5 heteroatoms. The first kappa shape index (κ1) is 15.7. The molecule has 0 spiro atoms. The Hall–Kier alpha value is -2.79. The third kappa shape index (κ3) is 3.37. The van der Waals surface area contributed by atoms with Crippen molar-refractivity contribution >= 4 is 5.82 Å². The van der Waals surface area contributed by atoms with Crippen LogP contribution in [0.25, 0.3) is 22.6 Å². The molecule has 0 aliphatic carbocycles. The summed E-state index contributed by atoms with van der Waals surface area (Å²) in [5.74, 6) is 1.53. The standard InChI is InChI=1S/C20H20N4O/c1-15-7-9-16(10-8-15)18-20(24-11-13-25-14-12-24)21-19(23-22-18)17-5-3-2-4-6-17/h2-10H,11-14H2,1H3. The topological polar surface area (TPSA) is 51.1 Å². The van der Waals surface area contributed by atoms with Crippen LogP contribution in [0, 0.1) is 6.92 Å². The first-order valence-electron chi connectivity index (χ1n) is 8.51. The van der Waals surface area contributed by atoms with Crippen LogP contribution in [-0.4, -0.2) is 41.5 Å². The van der Waals surface area contributed by atoms with E-state index in [-0.39, 0.29) is 0 Å². The lowest BCUT2D eigenvalue weighted by Crippen LogP contribution is -2.37. The molecule has 0 atom stereocenters. The van der Waals surface area contributed by atoms with Crippen LogP contribution in [0.5, 0.6) is 0 Å². The lowest BCUT2D eigenvalue weighted by molar-refractivity contribution is 0.122. The van der Waals surface area contributed by atoms with E-state index in [2.05, 4.69) is 46.3 Å². The van der Waals surface area contributed by atoms with Gasteiger partial charge in [-0.15, -0.1) is 10.2 Å². The number of rotatable bonds is 3. The van der Waals surface area contributed by atoms with Crippen molar-refractivity contribution in [1.29, 1.82) is 0 Å². The number of ether oxygens (including phenoxy) is 1. The molecule has 1 aliphatic heterocycles. The zero-order valence-corrected chi connectivity index (χ0v) is 14.2. The molecule has 1 aliphatic rings. The van der Waals surface area contributed by atoms with Crippen LogP contribution < -0.4 is 4.90 Å². The van der Waals surface area contributed by atoms with Crippen molar-refractivity contribution in [2.45, 2.75) is 6.92 Å². The smallest absolute Gasteiger partial charge is 0.183 e. The molecule has 2 aromatic carbocycles. The zero-order valence-electron chi connectivity index (χ0n) is 14.2. The fraction of sp³-hybridized carbons (Fsp3) is 0.250. The summed E-state index contributed by atoms with van der Waals surface area (Å²) in [6.07, 6.45) is 0. The average Bonchev–Trinajstić information content (AvgIpc) is 2.70. The maximum absolute atomic E-state index is 5.49. The van der Waals surface area contributed by atoms with Gasteiger partial charge in [-0.25, -0.2) is 4.98 Å². The van der Waals surface area contributed by atoms with E-state index in [1.54, 1.807) is 0 Å². The summed E-state index contributed by atoms with van der Waals surface area (Å²) < 4.78 is 5.49. The number of anilines is 1. The van der Waals surface area contributed by atoms with Gasteiger partial charge >= 0.3 is 0 Å². The molecule has 2 heterocycles. The molecule has 5 nitrogen and oxygen atoms in total. The molecule has 4 rings (SSSR count). The maximum atomic E-state index is 5.49. The second-order valence-corrected chi connectivity index (χ2v) is 6.14. The maximum Gasteiger partial charge on any atom is 0.183 e. The molecular weight excluding hydrogens is 312 g/mol. The molecule has 0 unspecified atom stereocenters. The summed E-state index contributed by atoms with van der Waals surface area (Å²) in [7, 11) is 0. The van der Waals surface area contributed by atoms with Gasteiger partial charge in [0.2, 0.25) is 0 Å². The monoisotopic (exact) mass is 332 g/mol. The first-order chi connectivity index (χ1) is 12.3. The van der Waals surface area contributed by atoms with Gasteiger partial charge in [0.15, 0.2) is 11.6 Å². The Kier molecular flexibility index (Phi) is 4.39. The Labute approximate surface area is 147 Å². The van der Waals surface area contributed by atoms with E-state index in [1.807, 2.05) is 30.3 Å². The van der Waals surface area contributed by atoms with E-state index in [4.69, 9.17) is 9.72 Å². The second-order valence-electron chi connectivity index (χ2n) is 6.14. The number of hydrogen-bond donors (Lipinski definition) is 0. The molecule has 0 amide bonds. The van der Waals surface area contributed by atoms with Gasteiger partial charge in [-0.2, -0.15) is 0 Å². The predicted octanol–water partition coefficient (Wildman–Crippen LogP) is 3.35. The van der Waals surface area contributed by atoms with Crippen molar-refractivity contribution in [3.63, 3.8) is 0 Å². The molecule has 3 aromatic rings. The number of benzene rings is 2. The molecule has 126 valence electrons. The second kappa shape index (κ2) is 6.99. The van der Waals surface area contributed by atoms with Crippen molar-refractivity contribution < 1.29 is 4.74 Å². The number of hydrogen-bond acceptors (Lipinski definition) is 5. The molecule has 25 heavy (non-hydrogen) atoms. The van der Waals surface area contributed by atoms with Crippen molar-refractivity contribution in [3.05, 3.63) is 60.2 Å². The third-order valence-corrected chi connectivity index (χ3v) is 4.34. The fourth-order valence-electron chi connectivity index (χ4n) is 2.92. The highest BCUT2D eigenvalue weighted by molar-refractivity contribution is 5.73. The van der Waals surface area contributed by atoms with Crippen LogP contribution >= 0.6 is 0 Å². The molecule has 1 aromatic heterocycles. The van der Waals surface area contributed by atoms with E-state index in [0.29, 0.717) is 19.0 Å². The van der Waals surface area contributed by atoms with Crippen molar-refractivity contribution in [3.8, 4) is 22.6 Å². The van der Waals surface area contributed by atoms with Gasteiger partial charge in [0.1, 0.15) is 5.69 Å². The molecular formula is C20H20N4O. The highest BCUT2D eigenvalue weighted by Crippen LogP contribution is 2.29. The van der Waals surface area contributed by atoms with Crippen LogP contribution in [0.1, 0.15) is 5.56 Å². The van der Waals surface area contributed by atoms with E-state index < -0.39 is 0 Å². The van der Waals surface area contributed by atoms with Crippen LogP contribution in [-0.2, 0) is 4.74 Å². The molecule has 0 radical (unpaired) electrons. The van der Waals surface area contributed by atoms with Crippen molar-refractivity contribution in [2.75, 3.05) is 31.2 Å². The lowest BCUT2D eigenvalue weighted by Gasteiger charge is -2.29. The summed E-state index contributed by atoms with van der Waals surface area (Å²) in [5.41, 5.74) is 4.05. The summed E-state index contributed by atoms with van der Waals surface area (Å²) in [6.45, 7) is 5.11. The highest BCUT2D eigenvalue weighted by Gasteiger charge is 2.20. The van der Waals surface area contributed by atoms with E-state index in [9.17, 15) is 0 Å². The van der Waals surface area contributed by atoms with Gasteiger partial charge in [-0.05, 0) is 6.92 Å². The lowest BCUT2D eigenvalue weighted by atomic mass is 10.1. The van der Waals surface area contributed by atoms with Crippen LogP contribution in [0.15, 0.2) is 54.6 Å². The normalized spacial score (nSPS) is 14.5. The number of morpholine rings is 1. The average molecular weight is 332 g/mol. The number of nitrogens with zero attached hydrogens (tertiary/aromatic N) is 4. The van der Waals surface area contributed by atoms with E-state index in [1.165, 1.54) is 5.56 Å². The first-order valence-corrected chi connectivity index (χ1v) is 8.51. The molecule has 0 N–H and O–H groups in total. The minimum Gasteiger partial charge on any atom is -0.378 e. The SMILES string of the molecule is Cc1ccc(-c2nnc(-c3ccccc3)nc2N2CCOCC2)cc1. The van der Waals surface area contributed by atoms with Crippen molar-refractivity contribution in [1.82, 2.24) is 15.2 Å². The quantitative estimate of drug-likeness (QED) is 0.736. The van der Waals surface area contributed by atoms with Gasteiger partial charge in [0.05, 0.1) is 13.2 Å².